The van der Waals surface area contributed by atoms with Gasteiger partial charge in [-0.3, -0.25) is 9.47 Å². The van der Waals surface area contributed by atoms with Gasteiger partial charge in [0, 0.05) is 39.3 Å². The van der Waals surface area contributed by atoms with Crippen molar-refractivity contribution in [2.45, 2.75) is 6.54 Å². The molecule has 0 atom stereocenters. The van der Waals surface area contributed by atoms with Crippen LogP contribution in [0.25, 0.3) is 11.1 Å². The fourth-order valence-corrected chi connectivity index (χ4v) is 3.58. The van der Waals surface area contributed by atoms with E-state index in [9.17, 15) is 13.2 Å². The maximum Gasteiger partial charge on any atom is 0.419 e. The lowest BCUT2D eigenvalue weighted by atomic mass is 10.3. The van der Waals surface area contributed by atoms with Gasteiger partial charge >= 0.3 is 5.76 Å². The highest BCUT2D eigenvalue weighted by Gasteiger charge is 2.23. The summed E-state index contributed by atoms with van der Waals surface area (Å²) in [5, 5.41) is 0. The summed E-state index contributed by atoms with van der Waals surface area (Å²) in [5.41, 5.74) is 1.39. The maximum atomic E-state index is 11.9. The van der Waals surface area contributed by atoms with Crippen LogP contribution in [0.4, 0.5) is 0 Å². The van der Waals surface area contributed by atoms with E-state index in [0.29, 0.717) is 44.9 Å². The number of piperazine rings is 1. The zero-order valence-corrected chi connectivity index (χ0v) is 13.3. The number of rotatable bonds is 4. The maximum absolute atomic E-state index is 11.9. The monoisotopic (exact) mass is 325 g/mol. The number of nitrogens with zero attached hydrogens (tertiary/aromatic N) is 3. The molecule has 1 saturated heterocycles. The second-order valence-corrected chi connectivity index (χ2v) is 7.47. The van der Waals surface area contributed by atoms with Gasteiger partial charge in [-0.05, 0) is 12.1 Å². The largest absolute Gasteiger partial charge is 0.419 e. The number of para-hydroxylation sites is 2. The molecule has 120 valence electrons. The molecule has 22 heavy (non-hydrogen) atoms. The Kier molecular flexibility index (Phi) is 4.07. The predicted molar refractivity (Wildman–Crippen MR) is 83.3 cm³/mol. The average molecular weight is 325 g/mol. The molecule has 1 aromatic heterocycles. The van der Waals surface area contributed by atoms with Crippen molar-refractivity contribution >= 4 is 21.1 Å². The Hall–Kier alpha value is -1.64. The van der Waals surface area contributed by atoms with Gasteiger partial charge in [-0.2, -0.15) is 4.31 Å². The molecule has 0 bridgehead atoms. The summed E-state index contributed by atoms with van der Waals surface area (Å²) in [6.45, 7) is 3.59. The van der Waals surface area contributed by atoms with Crippen molar-refractivity contribution in [1.82, 2.24) is 13.8 Å². The minimum atomic E-state index is -3.11. The molecule has 0 amide bonds. The van der Waals surface area contributed by atoms with Crippen LogP contribution in [0.2, 0.25) is 0 Å². The van der Waals surface area contributed by atoms with Crippen LogP contribution in [0.15, 0.2) is 33.5 Å². The third-order valence-corrected chi connectivity index (χ3v) is 5.32. The van der Waals surface area contributed by atoms with Gasteiger partial charge in [0.2, 0.25) is 10.0 Å². The lowest BCUT2D eigenvalue weighted by Crippen LogP contribution is -2.49. The van der Waals surface area contributed by atoms with E-state index in [2.05, 4.69) is 4.90 Å². The van der Waals surface area contributed by atoms with Crippen molar-refractivity contribution in [2.24, 2.45) is 0 Å². The first-order valence-corrected chi connectivity index (χ1v) is 9.06. The highest BCUT2D eigenvalue weighted by atomic mass is 32.2. The summed E-state index contributed by atoms with van der Waals surface area (Å²) in [6, 6.07) is 7.35. The highest BCUT2D eigenvalue weighted by Crippen LogP contribution is 2.12. The molecule has 8 heteroatoms. The van der Waals surface area contributed by atoms with Crippen molar-refractivity contribution in [3.05, 3.63) is 34.8 Å². The van der Waals surface area contributed by atoms with E-state index in [1.54, 1.807) is 10.6 Å². The molecule has 0 unspecified atom stereocenters. The number of hydrogen-bond donors (Lipinski definition) is 0. The van der Waals surface area contributed by atoms with Gasteiger partial charge in [0.25, 0.3) is 0 Å². The summed E-state index contributed by atoms with van der Waals surface area (Å²) in [5.74, 6) is -0.351. The Balaban J connectivity index is 1.64. The summed E-state index contributed by atoms with van der Waals surface area (Å²) >= 11 is 0. The van der Waals surface area contributed by atoms with Crippen molar-refractivity contribution in [3.8, 4) is 0 Å². The van der Waals surface area contributed by atoms with Crippen LogP contribution in [0.5, 0.6) is 0 Å². The van der Waals surface area contributed by atoms with Crippen molar-refractivity contribution in [2.75, 3.05) is 39.0 Å². The molecule has 0 radical (unpaired) electrons. The Labute approximate surface area is 128 Å². The van der Waals surface area contributed by atoms with E-state index < -0.39 is 10.0 Å². The first-order chi connectivity index (χ1) is 10.4. The fourth-order valence-electron chi connectivity index (χ4n) is 2.75. The van der Waals surface area contributed by atoms with Crippen molar-refractivity contribution in [3.63, 3.8) is 0 Å². The molecular formula is C14H19N3O4S. The molecule has 1 fully saturated rings. The highest BCUT2D eigenvalue weighted by molar-refractivity contribution is 7.88. The number of aromatic nitrogens is 1. The number of fused-ring (bicyclic) bond motifs is 1. The molecule has 7 nitrogen and oxygen atoms in total. The van der Waals surface area contributed by atoms with E-state index in [0.717, 1.165) is 5.52 Å². The van der Waals surface area contributed by atoms with Gasteiger partial charge in [0.15, 0.2) is 5.58 Å². The van der Waals surface area contributed by atoms with Crippen LogP contribution in [-0.2, 0) is 16.6 Å². The van der Waals surface area contributed by atoms with E-state index in [1.807, 2.05) is 18.2 Å². The first-order valence-electron chi connectivity index (χ1n) is 7.21. The van der Waals surface area contributed by atoms with Crippen molar-refractivity contribution in [1.29, 1.82) is 0 Å². The van der Waals surface area contributed by atoms with Gasteiger partial charge in [0.05, 0.1) is 11.8 Å². The van der Waals surface area contributed by atoms with Gasteiger partial charge in [-0.15, -0.1) is 0 Å². The minimum Gasteiger partial charge on any atom is -0.408 e. The van der Waals surface area contributed by atoms with E-state index in [4.69, 9.17) is 4.42 Å². The molecule has 0 N–H and O–H groups in total. The lowest BCUT2D eigenvalue weighted by molar-refractivity contribution is 0.183. The van der Waals surface area contributed by atoms with Crippen LogP contribution in [0, 0.1) is 0 Å². The van der Waals surface area contributed by atoms with Crippen LogP contribution in [0.1, 0.15) is 0 Å². The van der Waals surface area contributed by atoms with E-state index >= 15 is 0 Å². The lowest BCUT2D eigenvalue weighted by Gasteiger charge is -2.33. The van der Waals surface area contributed by atoms with Gasteiger partial charge < -0.3 is 4.42 Å². The first kappa shape index (κ1) is 15.3. The molecule has 1 aliphatic heterocycles. The van der Waals surface area contributed by atoms with Crippen LogP contribution < -0.4 is 5.76 Å². The number of benzene rings is 1. The zero-order valence-electron chi connectivity index (χ0n) is 12.4. The van der Waals surface area contributed by atoms with Gasteiger partial charge in [-0.25, -0.2) is 13.2 Å². The molecule has 0 saturated carbocycles. The number of hydrogen-bond acceptors (Lipinski definition) is 5. The summed E-state index contributed by atoms with van der Waals surface area (Å²) in [7, 11) is -3.11. The van der Waals surface area contributed by atoms with Crippen molar-refractivity contribution < 1.29 is 12.8 Å². The smallest absolute Gasteiger partial charge is 0.408 e. The molecule has 1 aliphatic rings. The Bertz CT molecular complexity index is 816. The van der Waals surface area contributed by atoms with E-state index in [1.165, 1.54) is 10.6 Å². The second kappa shape index (κ2) is 5.86. The topological polar surface area (TPSA) is 75.8 Å². The normalized spacial score (nSPS) is 18.0. The molecule has 2 heterocycles. The third kappa shape index (κ3) is 3.08. The molecular weight excluding hydrogens is 306 g/mol. The van der Waals surface area contributed by atoms with Crippen LogP contribution in [-0.4, -0.2) is 61.2 Å². The molecule has 0 aliphatic carbocycles. The van der Waals surface area contributed by atoms with Gasteiger partial charge in [-0.1, -0.05) is 12.1 Å². The SMILES string of the molecule is CS(=O)(=O)N1CCN(CCn2c(=O)oc3ccccc32)CC1. The van der Waals surface area contributed by atoms with Crippen LogP contribution in [0.3, 0.4) is 0 Å². The summed E-state index contributed by atoms with van der Waals surface area (Å²) < 4.78 is 31.3. The number of oxazole rings is 1. The molecule has 0 spiro atoms. The van der Waals surface area contributed by atoms with Crippen LogP contribution >= 0.6 is 0 Å². The third-order valence-electron chi connectivity index (χ3n) is 4.01. The minimum absolute atomic E-state index is 0.351. The summed E-state index contributed by atoms with van der Waals surface area (Å²) in [4.78, 5) is 14.0. The Morgan fingerprint density at radius 2 is 1.77 bits per heavy atom. The Morgan fingerprint density at radius 3 is 2.45 bits per heavy atom. The summed E-state index contributed by atoms with van der Waals surface area (Å²) in [6.07, 6.45) is 1.24. The Morgan fingerprint density at radius 1 is 1.09 bits per heavy atom. The number of sulfonamides is 1. The van der Waals surface area contributed by atoms with E-state index in [-0.39, 0.29) is 5.76 Å². The van der Waals surface area contributed by atoms with Gasteiger partial charge in [0.1, 0.15) is 0 Å². The quantitative estimate of drug-likeness (QED) is 0.801. The molecule has 3 rings (SSSR count). The average Bonchev–Trinajstić information content (AvgIpc) is 2.80. The fraction of sp³-hybridized carbons (Fsp3) is 0.500. The second-order valence-electron chi connectivity index (χ2n) is 5.49. The predicted octanol–water partition coefficient (Wildman–Crippen LogP) is 0.172. The zero-order chi connectivity index (χ0) is 15.7. The molecule has 1 aromatic carbocycles. The standard InChI is InChI=1S/C14H19N3O4S/c1-22(19,20)16-9-6-15(7-10-16)8-11-17-12-4-2-3-5-13(12)21-14(17)18/h2-5H,6-11H2,1H3. The molecule has 2 aromatic rings.